The predicted molar refractivity (Wildman–Crippen MR) is 48.8 cm³/mol. The van der Waals surface area contributed by atoms with Gasteiger partial charge in [-0.2, -0.15) is 0 Å². The van der Waals surface area contributed by atoms with Crippen molar-refractivity contribution < 1.29 is 13.9 Å². The number of hydrogen-bond donors (Lipinski definition) is 4. The van der Waals surface area contributed by atoms with Crippen LogP contribution < -0.4 is 10.8 Å². The van der Waals surface area contributed by atoms with Crippen LogP contribution in [0, 0.1) is 5.41 Å². The van der Waals surface area contributed by atoms with Gasteiger partial charge in [0.15, 0.2) is 0 Å². The third kappa shape index (κ3) is 4.46. The van der Waals surface area contributed by atoms with Crippen LogP contribution >= 0.6 is 8.09 Å². The normalized spacial score (nSPS) is 12.6. The first-order valence-corrected chi connectivity index (χ1v) is 5.43. The molecule has 6 nitrogen and oxygen atoms in total. The van der Waals surface area contributed by atoms with Gasteiger partial charge in [-0.1, -0.05) is 0 Å². The average Bonchev–Trinajstić information content (AvgIpc) is 1.85. The maximum atomic E-state index is 9.54. The topological polar surface area (TPSA) is 101 Å². The Morgan fingerprint density at radius 1 is 1.50 bits per heavy atom. The van der Waals surface area contributed by atoms with Crippen LogP contribution in [0.25, 0.3) is 0 Å². The number of nitrogens with two attached hydrogens (primary N) is 1. The maximum absolute atomic E-state index is 9.54. The minimum atomic E-state index is -3.41. The summed E-state index contributed by atoms with van der Waals surface area (Å²) >= 11 is 0. The van der Waals surface area contributed by atoms with E-state index in [9.17, 15) is 4.89 Å². The molecule has 12 heavy (non-hydrogen) atoms. The fourth-order valence-electron chi connectivity index (χ4n) is 0.675. The van der Waals surface area contributed by atoms with Crippen molar-refractivity contribution in [3.8, 4) is 0 Å². The van der Waals surface area contributed by atoms with Crippen molar-refractivity contribution in [3.05, 3.63) is 0 Å². The summed E-state index contributed by atoms with van der Waals surface area (Å²) in [5.41, 5.74) is 5.03. The van der Waals surface area contributed by atoms with Gasteiger partial charge in [-0.05, 0) is 0 Å². The van der Waals surface area contributed by atoms with E-state index < -0.39 is 8.09 Å². The van der Waals surface area contributed by atoms with Crippen molar-refractivity contribution >= 4 is 14.1 Å². The van der Waals surface area contributed by atoms with Crippen LogP contribution in [0.1, 0.15) is 13.8 Å². The van der Waals surface area contributed by atoms with E-state index in [4.69, 9.17) is 20.2 Å². The molecule has 0 rings (SSSR count). The van der Waals surface area contributed by atoms with Crippen molar-refractivity contribution in [3.63, 3.8) is 0 Å². The Balaban J connectivity index is 4.07. The Morgan fingerprint density at radius 3 is 2.17 bits per heavy atom. The van der Waals surface area contributed by atoms with Gasteiger partial charge in [-0.15, -0.1) is 0 Å². The molecule has 5 N–H and O–H groups in total. The van der Waals surface area contributed by atoms with Crippen molar-refractivity contribution in [2.24, 2.45) is 5.73 Å². The summed E-state index contributed by atoms with van der Waals surface area (Å²) in [5.74, 6) is -0.355. The van der Waals surface area contributed by atoms with Crippen molar-refractivity contribution in [2.75, 3.05) is 13.2 Å². The van der Waals surface area contributed by atoms with Gasteiger partial charge >= 0.3 is 71.3 Å². The quantitative estimate of drug-likeness (QED) is 0.281. The Kier molecular flexibility index (Phi) is 5.08. The summed E-state index contributed by atoms with van der Waals surface area (Å²) in [7, 11) is -3.41. The molecule has 0 aliphatic carbocycles. The van der Waals surface area contributed by atoms with Gasteiger partial charge < -0.3 is 0 Å². The van der Waals surface area contributed by atoms with E-state index in [1.165, 1.54) is 0 Å². The van der Waals surface area contributed by atoms with Crippen LogP contribution in [0.2, 0.25) is 0 Å². The summed E-state index contributed by atoms with van der Waals surface area (Å²) < 4.78 is 9.84. The zero-order valence-corrected chi connectivity index (χ0v) is 8.26. The Bertz CT molecular complexity index is 149. The molecule has 0 atom stereocenters. The van der Waals surface area contributed by atoms with Crippen LogP contribution in [-0.2, 0) is 9.05 Å². The third-order valence-electron chi connectivity index (χ3n) is 0.973. The SMILES string of the molecule is CCO[PH](O)(NC(=N)N)OCC. The van der Waals surface area contributed by atoms with Crippen LogP contribution in [0.15, 0.2) is 0 Å². The molecule has 0 aliphatic heterocycles. The van der Waals surface area contributed by atoms with E-state index in [2.05, 4.69) is 5.09 Å². The molecule has 0 radical (unpaired) electrons. The van der Waals surface area contributed by atoms with E-state index in [1.54, 1.807) is 13.8 Å². The van der Waals surface area contributed by atoms with Crippen LogP contribution in [0.5, 0.6) is 0 Å². The van der Waals surface area contributed by atoms with E-state index in [1.807, 2.05) is 0 Å². The molecule has 0 saturated carbocycles. The zero-order valence-electron chi connectivity index (χ0n) is 7.26. The average molecular weight is 197 g/mol. The summed E-state index contributed by atoms with van der Waals surface area (Å²) in [4.78, 5) is 9.54. The molecule has 0 heterocycles. The third-order valence-corrected chi connectivity index (χ3v) is 2.92. The van der Waals surface area contributed by atoms with Gasteiger partial charge in [0.05, 0.1) is 0 Å². The van der Waals surface area contributed by atoms with Gasteiger partial charge in [0.25, 0.3) is 0 Å². The van der Waals surface area contributed by atoms with Crippen LogP contribution in [0.4, 0.5) is 0 Å². The van der Waals surface area contributed by atoms with E-state index in [-0.39, 0.29) is 5.96 Å². The van der Waals surface area contributed by atoms with E-state index in [0.29, 0.717) is 13.2 Å². The molecule has 0 bridgehead atoms. The molecule has 0 unspecified atom stereocenters. The first kappa shape index (κ1) is 11.6. The first-order valence-electron chi connectivity index (χ1n) is 3.66. The molecule has 0 spiro atoms. The predicted octanol–water partition coefficient (Wildman–Crippen LogP) is -0.0553. The number of rotatable bonds is 5. The summed E-state index contributed by atoms with van der Waals surface area (Å²) in [6, 6.07) is 0. The Hall–Kier alpha value is -0.420. The van der Waals surface area contributed by atoms with Crippen molar-refractivity contribution in [1.82, 2.24) is 5.09 Å². The van der Waals surface area contributed by atoms with E-state index in [0.717, 1.165) is 0 Å². The standard InChI is InChI=1S/C5H16N3O3P/c1-3-10-12(9,11-4-2)8-5(6)7/h9,12H,3-4H2,1-2H3,(H4,6,7,8). The fraction of sp³-hybridized carbons (Fsp3) is 0.800. The van der Waals surface area contributed by atoms with Crippen molar-refractivity contribution in [1.29, 1.82) is 5.41 Å². The summed E-state index contributed by atoms with van der Waals surface area (Å²) in [6.07, 6.45) is 0. The molecule has 7 heteroatoms. The van der Waals surface area contributed by atoms with Gasteiger partial charge in [0.1, 0.15) is 0 Å². The zero-order chi connectivity index (χ0) is 9.61. The summed E-state index contributed by atoms with van der Waals surface area (Å²) in [5, 5.41) is 9.16. The molecule has 74 valence electrons. The Morgan fingerprint density at radius 2 is 1.92 bits per heavy atom. The molecular weight excluding hydrogens is 181 g/mol. The monoisotopic (exact) mass is 197 g/mol. The fourth-order valence-corrected chi connectivity index (χ4v) is 2.03. The second-order valence-electron chi connectivity index (χ2n) is 1.99. The van der Waals surface area contributed by atoms with Crippen LogP contribution in [-0.4, -0.2) is 24.1 Å². The van der Waals surface area contributed by atoms with Crippen LogP contribution in [0.3, 0.4) is 0 Å². The minimum absolute atomic E-state index is 0.309. The van der Waals surface area contributed by atoms with Crippen molar-refractivity contribution in [2.45, 2.75) is 13.8 Å². The Labute approximate surface area is 72.2 Å². The molecule has 0 saturated heterocycles. The number of guanidine groups is 1. The number of hydrogen-bond acceptors (Lipinski definition) is 4. The molecule has 0 amide bonds. The number of nitrogens with one attached hydrogen (secondary N) is 2. The van der Waals surface area contributed by atoms with Gasteiger partial charge in [0.2, 0.25) is 0 Å². The summed E-state index contributed by atoms with van der Waals surface area (Å²) in [6.45, 7) is 4.06. The van der Waals surface area contributed by atoms with Gasteiger partial charge in [-0.25, -0.2) is 0 Å². The molecule has 0 aromatic carbocycles. The molecule has 0 aromatic heterocycles. The van der Waals surface area contributed by atoms with Gasteiger partial charge in [0, 0.05) is 0 Å². The first-order chi connectivity index (χ1) is 5.54. The second kappa shape index (κ2) is 5.27. The molecule has 0 aromatic rings. The van der Waals surface area contributed by atoms with E-state index >= 15 is 0 Å². The van der Waals surface area contributed by atoms with Gasteiger partial charge in [-0.3, -0.25) is 0 Å². The second-order valence-corrected chi connectivity index (χ2v) is 3.98. The molecule has 0 fully saturated rings. The molecular formula is C5H16N3O3P. The molecule has 0 aliphatic rings.